The van der Waals surface area contributed by atoms with Crippen LogP contribution in [0.2, 0.25) is 0 Å². The maximum atomic E-state index is 12.4. The molecule has 1 atom stereocenters. The van der Waals surface area contributed by atoms with E-state index in [0.29, 0.717) is 6.42 Å². The van der Waals surface area contributed by atoms with Gasteiger partial charge >= 0.3 is 0 Å². The number of nitrogens with zero attached hydrogens (tertiary/aromatic N) is 3. The summed E-state index contributed by atoms with van der Waals surface area (Å²) < 4.78 is 9.80. The highest BCUT2D eigenvalue weighted by Gasteiger charge is 2.27. The van der Waals surface area contributed by atoms with Crippen LogP contribution in [0.25, 0.3) is 0 Å². The van der Waals surface area contributed by atoms with Crippen LogP contribution < -0.4 is 15.0 Å². The predicted molar refractivity (Wildman–Crippen MR) is 109 cm³/mol. The Labute approximate surface area is 165 Å². The molecule has 1 aliphatic rings. The first kappa shape index (κ1) is 19.6. The Hall–Kier alpha value is -2.15. The molecular formula is C20H28N4O2S. The number of methoxy groups -OCH3 is 1. The predicted octanol–water partition coefficient (Wildman–Crippen LogP) is 3.27. The molecule has 1 amide bonds. The summed E-state index contributed by atoms with van der Waals surface area (Å²) in [5.41, 5.74) is 1.13. The third-order valence-corrected chi connectivity index (χ3v) is 5.66. The fourth-order valence-electron chi connectivity index (χ4n) is 3.31. The maximum Gasteiger partial charge on any atom is 0.224 e. The minimum absolute atomic E-state index is 0.0429. The maximum absolute atomic E-state index is 12.4. The van der Waals surface area contributed by atoms with Crippen LogP contribution in [0.4, 0.5) is 5.13 Å². The summed E-state index contributed by atoms with van der Waals surface area (Å²) >= 11 is 1.42. The van der Waals surface area contributed by atoms with Gasteiger partial charge in [-0.25, -0.2) is 4.98 Å². The molecule has 0 saturated carbocycles. The minimum atomic E-state index is 0.0429. The summed E-state index contributed by atoms with van der Waals surface area (Å²) in [6.07, 6.45) is 4.77. The van der Waals surface area contributed by atoms with Gasteiger partial charge in [-0.3, -0.25) is 4.79 Å². The van der Waals surface area contributed by atoms with E-state index in [9.17, 15) is 4.79 Å². The lowest BCUT2D eigenvalue weighted by molar-refractivity contribution is -0.125. The monoisotopic (exact) mass is 388 g/mol. The van der Waals surface area contributed by atoms with Crippen molar-refractivity contribution in [3.63, 3.8) is 0 Å². The van der Waals surface area contributed by atoms with E-state index in [1.165, 1.54) is 11.5 Å². The van der Waals surface area contributed by atoms with E-state index in [4.69, 9.17) is 9.72 Å². The van der Waals surface area contributed by atoms with Crippen LogP contribution in [-0.2, 0) is 11.2 Å². The van der Waals surface area contributed by atoms with Gasteiger partial charge in [-0.15, -0.1) is 0 Å². The van der Waals surface area contributed by atoms with Crippen molar-refractivity contribution < 1.29 is 9.53 Å². The molecule has 2 heterocycles. The lowest BCUT2D eigenvalue weighted by Crippen LogP contribution is -2.43. The molecule has 3 rings (SSSR count). The van der Waals surface area contributed by atoms with Crippen molar-refractivity contribution in [2.45, 2.75) is 39.0 Å². The standard InChI is InChI=1S/C20H28N4O2S/c1-3-4-10-21-19(25)16-8-6-11-24(14-16)20-22-18(23-27-20)13-15-7-5-9-17(12-15)26-2/h5,7,9,12,16H,3-4,6,8,10-11,13-14H2,1-2H3,(H,21,25)/t16-/m0/s1. The van der Waals surface area contributed by atoms with Crippen molar-refractivity contribution in [2.75, 3.05) is 31.6 Å². The van der Waals surface area contributed by atoms with Crippen molar-refractivity contribution in [3.8, 4) is 5.75 Å². The van der Waals surface area contributed by atoms with E-state index in [2.05, 4.69) is 27.6 Å². The summed E-state index contributed by atoms with van der Waals surface area (Å²) in [4.78, 5) is 19.3. The molecule has 7 heteroatoms. The van der Waals surface area contributed by atoms with Gasteiger partial charge in [-0.1, -0.05) is 25.5 Å². The smallest absolute Gasteiger partial charge is 0.224 e. The van der Waals surface area contributed by atoms with E-state index < -0.39 is 0 Å². The van der Waals surface area contributed by atoms with Gasteiger partial charge in [0.2, 0.25) is 11.0 Å². The molecule has 2 aromatic rings. The molecule has 0 aliphatic carbocycles. The Bertz CT molecular complexity index is 749. The summed E-state index contributed by atoms with van der Waals surface area (Å²) in [6.45, 7) is 4.57. The summed E-state index contributed by atoms with van der Waals surface area (Å²) in [7, 11) is 1.67. The number of ether oxygens (including phenoxy) is 1. The van der Waals surface area contributed by atoms with Gasteiger partial charge in [0.05, 0.1) is 13.0 Å². The molecule has 1 aromatic carbocycles. The Morgan fingerprint density at radius 2 is 2.33 bits per heavy atom. The topological polar surface area (TPSA) is 67.4 Å². The highest BCUT2D eigenvalue weighted by Crippen LogP contribution is 2.26. The number of carbonyl (C=O) groups is 1. The second-order valence-electron chi connectivity index (χ2n) is 6.95. The molecular weight excluding hydrogens is 360 g/mol. The number of hydrogen-bond acceptors (Lipinski definition) is 6. The van der Waals surface area contributed by atoms with Crippen LogP contribution in [0.3, 0.4) is 0 Å². The first-order valence-corrected chi connectivity index (χ1v) is 10.4. The number of piperidine rings is 1. The zero-order chi connectivity index (χ0) is 19.1. The van der Waals surface area contributed by atoms with Gasteiger partial charge in [0.1, 0.15) is 11.6 Å². The third-order valence-electron chi connectivity index (χ3n) is 4.85. The summed E-state index contributed by atoms with van der Waals surface area (Å²) in [6, 6.07) is 7.98. The molecule has 1 aliphatic heterocycles. The number of benzene rings is 1. The Kier molecular flexibility index (Phi) is 7.04. The second-order valence-corrected chi connectivity index (χ2v) is 7.68. The number of nitrogens with one attached hydrogen (secondary N) is 1. The number of amides is 1. The normalized spacial score (nSPS) is 17.0. The molecule has 1 N–H and O–H groups in total. The van der Waals surface area contributed by atoms with Crippen molar-refractivity contribution in [1.29, 1.82) is 0 Å². The number of aromatic nitrogens is 2. The van der Waals surface area contributed by atoms with Gasteiger partial charge in [0.15, 0.2) is 0 Å². The summed E-state index contributed by atoms with van der Waals surface area (Å²) in [5.74, 6) is 1.88. The summed E-state index contributed by atoms with van der Waals surface area (Å²) in [5, 5.41) is 3.98. The van der Waals surface area contributed by atoms with Gasteiger partial charge in [-0.2, -0.15) is 4.37 Å². The SMILES string of the molecule is CCCCNC(=O)[C@H]1CCCN(c2nc(Cc3cccc(OC)c3)ns2)C1. The average Bonchev–Trinajstić information content (AvgIpc) is 3.17. The molecule has 1 saturated heterocycles. The molecule has 0 spiro atoms. The van der Waals surface area contributed by atoms with E-state index in [-0.39, 0.29) is 11.8 Å². The first-order valence-electron chi connectivity index (χ1n) is 9.67. The van der Waals surface area contributed by atoms with Crippen LogP contribution in [0.1, 0.15) is 44.0 Å². The van der Waals surface area contributed by atoms with Crippen molar-refractivity contribution >= 4 is 22.6 Å². The van der Waals surface area contributed by atoms with Crippen LogP contribution in [0.5, 0.6) is 5.75 Å². The van der Waals surface area contributed by atoms with Crippen LogP contribution >= 0.6 is 11.5 Å². The van der Waals surface area contributed by atoms with Crippen molar-refractivity contribution in [2.24, 2.45) is 5.92 Å². The fourth-order valence-corrected chi connectivity index (χ4v) is 4.03. The quantitative estimate of drug-likeness (QED) is 0.703. The Morgan fingerprint density at radius 1 is 1.44 bits per heavy atom. The number of unbranched alkanes of at least 4 members (excludes halogenated alkanes) is 1. The van der Waals surface area contributed by atoms with E-state index >= 15 is 0 Å². The molecule has 1 fully saturated rings. The van der Waals surface area contributed by atoms with Crippen LogP contribution in [0.15, 0.2) is 24.3 Å². The van der Waals surface area contributed by atoms with Crippen LogP contribution in [-0.4, -0.2) is 42.0 Å². The minimum Gasteiger partial charge on any atom is -0.497 e. The third kappa shape index (κ3) is 5.42. The highest BCUT2D eigenvalue weighted by molar-refractivity contribution is 7.09. The van der Waals surface area contributed by atoms with Gasteiger partial charge in [0, 0.05) is 37.6 Å². The lowest BCUT2D eigenvalue weighted by atomic mass is 9.97. The van der Waals surface area contributed by atoms with Crippen molar-refractivity contribution in [1.82, 2.24) is 14.7 Å². The molecule has 0 bridgehead atoms. The number of rotatable bonds is 8. The lowest BCUT2D eigenvalue weighted by Gasteiger charge is -2.31. The highest BCUT2D eigenvalue weighted by atomic mass is 32.1. The van der Waals surface area contributed by atoms with E-state index in [0.717, 1.165) is 67.6 Å². The number of hydrogen-bond donors (Lipinski definition) is 1. The molecule has 146 valence electrons. The molecule has 27 heavy (non-hydrogen) atoms. The number of carbonyl (C=O) groups excluding carboxylic acids is 1. The molecule has 0 unspecified atom stereocenters. The zero-order valence-corrected chi connectivity index (χ0v) is 16.9. The fraction of sp³-hybridized carbons (Fsp3) is 0.550. The molecule has 6 nitrogen and oxygen atoms in total. The molecule has 1 aromatic heterocycles. The van der Waals surface area contributed by atoms with E-state index in [1.54, 1.807) is 7.11 Å². The average molecular weight is 389 g/mol. The first-order chi connectivity index (χ1) is 13.2. The number of anilines is 1. The van der Waals surface area contributed by atoms with Gasteiger partial charge < -0.3 is 15.0 Å². The zero-order valence-electron chi connectivity index (χ0n) is 16.1. The molecule has 0 radical (unpaired) electrons. The second kappa shape index (κ2) is 9.69. The Morgan fingerprint density at radius 3 is 3.15 bits per heavy atom. The Balaban J connectivity index is 1.59. The van der Waals surface area contributed by atoms with Crippen molar-refractivity contribution in [3.05, 3.63) is 35.7 Å². The van der Waals surface area contributed by atoms with Gasteiger partial charge in [0.25, 0.3) is 0 Å². The van der Waals surface area contributed by atoms with E-state index in [1.807, 2.05) is 18.2 Å². The van der Waals surface area contributed by atoms with Gasteiger partial charge in [-0.05, 0) is 37.0 Å². The van der Waals surface area contributed by atoms with Crippen LogP contribution in [0, 0.1) is 5.92 Å². The largest absolute Gasteiger partial charge is 0.497 e.